The van der Waals surface area contributed by atoms with E-state index >= 15 is 0 Å². The van der Waals surface area contributed by atoms with E-state index in [-0.39, 0.29) is 18.5 Å². The van der Waals surface area contributed by atoms with Gasteiger partial charge >= 0.3 is 5.97 Å². The van der Waals surface area contributed by atoms with Gasteiger partial charge in [-0.05, 0) is 34.0 Å². The summed E-state index contributed by atoms with van der Waals surface area (Å²) in [6.45, 7) is 1.80. The molecule has 4 heteroatoms. The summed E-state index contributed by atoms with van der Waals surface area (Å²) >= 11 is 0. The largest absolute Gasteiger partial charge is 0.497 e. The average molecular weight is 348 g/mol. The molecule has 2 atom stereocenters. The summed E-state index contributed by atoms with van der Waals surface area (Å²) in [6.07, 6.45) is 0.0133. The molecule has 3 aromatic carbocycles. The Labute approximate surface area is 152 Å². The Hall–Kier alpha value is -2.85. The maximum absolute atomic E-state index is 12.4. The van der Waals surface area contributed by atoms with Crippen molar-refractivity contribution in [1.82, 2.24) is 0 Å². The van der Waals surface area contributed by atoms with E-state index in [1.165, 1.54) is 0 Å². The number of benzene rings is 3. The van der Waals surface area contributed by atoms with E-state index in [4.69, 9.17) is 14.2 Å². The molecule has 1 heterocycles. The van der Waals surface area contributed by atoms with Crippen LogP contribution in [0.5, 0.6) is 5.75 Å². The highest BCUT2D eigenvalue weighted by Gasteiger charge is 2.57. The van der Waals surface area contributed by atoms with Crippen LogP contribution in [0.4, 0.5) is 0 Å². The number of esters is 1. The number of hydrogen-bond acceptors (Lipinski definition) is 4. The normalized spacial score (nSPS) is 21.4. The SMILES string of the molecule is COc1ccc2cc(CC(=O)OC3(C)OC3c3ccccc3)ccc2c1. The standard InChI is InChI=1S/C22H20O4/c1-22(21(26-22)16-6-4-3-5-7-16)25-20(23)13-15-8-9-18-14-19(24-2)11-10-17(18)12-15/h3-12,14,21H,13H2,1-2H3. The molecule has 3 aromatic rings. The topological polar surface area (TPSA) is 48.1 Å². The lowest BCUT2D eigenvalue weighted by Crippen LogP contribution is -2.20. The molecule has 0 amide bonds. The van der Waals surface area contributed by atoms with E-state index in [9.17, 15) is 4.79 Å². The number of carbonyl (C=O) groups is 1. The molecule has 4 rings (SSSR count). The minimum absolute atomic E-state index is 0.197. The molecule has 0 radical (unpaired) electrons. The molecule has 132 valence electrons. The van der Waals surface area contributed by atoms with Crippen molar-refractivity contribution in [2.75, 3.05) is 7.11 Å². The minimum atomic E-state index is -0.872. The van der Waals surface area contributed by atoms with Crippen LogP contribution in [0.2, 0.25) is 0 Å². The van der Waals surface area contributed by atoms with Crippen LogP contribution in [-0.4, -0.2) is 18.9 Å². The lowest BCUT2D eigenvalue weighted by atomic mass is 10.0. The van der Waals surface area contributed by atoms with Gasteiger partial charge in [0.1, 0.15) is 5.75 Å². The Bertz CT molecular complexity index is 951. The summed E-state index contributed by atoms with van der Waals surface area (Å²) in [4.78, 5) is 12.4. The number of hydrogen-bond donors (Lipinski definition) is 0. The minimum Gasteiger partial charge on any atom is -0.497 e. The molecule has 0 bridgehead atoms. The van der Waals surface area contributed by atoms with Crippen molar-refractivity contribution < 1.29 is 19.0 Å². The fraction of sp³-hybridized carbons (Fsp3) is 0.227. The van der Waals surface area contributed by atoms with Crippen LogP contribution in [0, 0.1) is 0 Å². The molecule has 1 aliphatic heterocycles. The van der Waals surface area contributed by atoms with E-state index in [2.05, 4.69) is 0 Å². The van der Waals surface area contributed by atoms with Gasteiger partial charge in [0.05, 0.1) is 13.5 Å². The van der Waals surface area contributed by atoms with Crippen molar-refractivity contribution in [3.05, 3.63) is 77.9 Å². The second-order valence-electron chi connectivity index (χ2n) is 6.62. The Morgan fingerprint density at radius 2 is 1.77 bits per heavy atom. The third kappa shape index (κ3) is 3.28. The fourth-order valence-electron chi connectivity index (χ4n) is 3.22. The second-order valence-corrected chi connectivity index (χ2v) is 6.62. The maximum Gasteiger partial charge on any atom is 0.312 e. The molecule has 0 aromatic heterocycles. The third-order valence-corrected chi connectivity index (χ3v) is 4.65. The molecule has 1 fully saturated rings. The van der Waals surface area contributed by atoms with Crippen molar-refractivity contribution in [1.29, 1.82) is 0 Å². The van der Waals surface area contributed by atoms with E-state index in [0.717, 1.165) is 27.6 Å². The highest BCUT2D eigenvalue weighted by Crippen LogP contribution is 2.50. The van der Waals surface area contributed by atoms with E-state index in [0.29, 0.717) is 0 Å². The van der Waals surface area contributed by atoms with Crippen LogP contribution in [0.3, 0.4) is 0 Å². The molecular formula is C22H20O4. The summed E-state index contributed by atoms with van der Waals surface area (Å²) in [5.41, 5.74) is 1.93. The van der Waals surface area contributed by atoms with Crippen molar-refractivity contribution in [3.63, 3.8) is 0 Å². The molecule has 0 saturated carbocycles. The van der Waals surface area contributed by atoms with Crippen molar-refractivity contribution in [3.8, 4) is 5.75 Å². The third-order valence-electron chi connectivity index (χ3n) is 4.65. The zero-order valence-corrected chi connectivity index (χ0v) is 14.8. The van der Waals surface area contributed by atoms with Crippen LogP contribution < -0.4 is 4.74 Å². The van der Waals surface area contributed by atoms with Gasteiger partial charge in [0, 0.05) is 6.92 Å². The smallest absolute Gasteiger partial charge is 0.312 e. The quantitative estimate of drug-likeness (QED) is 0.506. The predicted molar refractivity (Wildman–Crippen MR) is 99.0 cm³/mol. The number of epoxide rings is 1. The van der Waals surface area contributed by atoms with E-state index in [1.807, 2.05) is 66.7 Å². The molecular weight excluding hydrogens is 328 g/mol. The first-order valence-corrected chi connectivity index (χ1v) is 8.59. The highest BCUT2D eigenvalue weighted by atomic mass is 16.8. The van der Waals surface area contributed by atoms with Crippen LogP contribution in [0.25, 0.3) is 10.8 Å². The Balaban J connectivity index is 1.43. The summed E-state index contributed by atoms with van der Waals surface area (Å²) in [6, 6.07) is 21.6. The first-order valence-electron chi connectivity index (χ1n) is 8.59. The molecule has 26 heavy (non-hydrogen) atoms. The van der Waals surface area contributed by atoms with Gasteiger partial charge in [-0.25, -0.2) is 0 Å². The van der Waals surface area contributed by atoms with Crippen molar-refractivity contribution in [2.45, 2.75) is 25.2 Å². The summed E-state index contributed by atoms with van der Waals surface area (Å²) in [5, 5.41) is 2.13. The lowest BCUT2D eigenvalue weighted by Gasteiger charge is -2.10. The first-order chi connectivity index (χ1) is 12.6. The summed E-state index contributed by atoms with van der Waals surface area (Å²) in [5.74, 6) is -0.350. The molecule has 2 unspecified atom stereocenters. The van der Waals surface area contributed by atoms with E-state index in [1.54, 1.807) is 14.0 Å². The zero-order chi connectivity index (χ0) is 18.1. The van der Waals surface area contributed by atoms with Crippen LogP contribution in [-0.2, 0) is 20.7 Å². The molecule has 0 N–H and O–H groups in total. The number of ether oxygens (including phenoxy) is 3. The first kappa shape index (κ1) is 16.6. The maximum atomic E-state index is 12.4. The average Bonchev–Trinajstić information content (AvgIpc) is 3.32. The number of fused-ring (bicyclic) bond motifs is 1. The number of methoxy groups -OCH3 is 1. The van der Waals surface area contributed by atoms with Crippen LogP contribution >= 0.6 is 0 Å². The van der Waals surface area contributed by atoms with Gasteiger partial charge < -0.3 is 14.2 Å². The lowest BCUT2D eigenvalue weighted by molar-refractivity contribution is -0.156. The zero-order valence-electron chi connectivity index (χ0n) is 14.8. The van der Waals surface area contributed by atoms with E-state index < -0.39 is 5.79 Å². The number of rotatable bonds is 5. The van der Waals surface area contributed by atoms with Crippen molar-refractivity contribution >= 4 is 16.7 Å². The van der Waals surface area contributed by atoms with Gasteiger partial charge in [-0.2, -0.15) is 0 Å². The second kappa shape index (κ2) is 6.46. The monoisotopic (exact) mass is 348 g/mol. The van der Waals surface area contributed by atoms with Gasteiger partial charge in [0.15, 0.2) is 6.10 Å². The Morgan fingerprint density at radius 3 is 2.54 bits per heavy atom. The molecule has 4 nitrogen and oxygen atoms in total. The molecule has 1 saturated heterocycles. The summed E-state index contributed by atoms with van der Waals surface area (Å²) in [7, 11) is 1.65. The van der Waals surface area contributed by atoms with Gasteiger partial charge in [0.2, 0.25) is 5.79 Å². The predicted octanol–water partition coefficient (Wildman–Crippen LogP) is 4.42. The van der Waals surface area contributed by atoms with Gasteiger partial charge in [-0.15, -0.1) is 0 Å². The van der Waals surface area contributed by atoms with Gasteiger partial charge in [0.25, 0.3) is 0 Å². The van der Waals surface area contributed by atoms with Crippen LogP contribution in [0.1, 0.15) is 24.2 Å². The Morgan fingerprint density at radius 1 is 1.04 bits per heavy atom. The highest BCUT2D eigenvalue weighted by molar-refractivity contribution is 5.85. The molecule has 1 aliphatic rings. The van der Waals surface area contributed by atoms with Gasteiger partial charge in [-0.1, -0.05) is 54.6 Å². The number of carbonyl (C=O) groups excluding carboxylic acids is 1. The Kier molecular flexibility index (Phi) is 4.13. The summed E-state index contributed by atoms with van der Waals surface area (Å²) < 4.78 is 16.5. The molecule has 0 aliphatic carbocycles. The fourth-order valence-corrected chi connectivity index (χ4v) is 3.22. The van der Waals surface area contributed by atoms with Crippen LogP contribution in [0.15, 0.2) is 66.7 Å². The molecule has 0 spiro atoms. The van der Waals surface area contributed by atoms with Crippen molar-refractivity contribution in [2.24, 2.45) is 0 Å². The van der Waals surface area contributed by atoms with Gasteiger partial charge in [-0.3, -0.25) is 4.79 Å².